The summed E-state index contributed by atoms with van der Waals surface area (Å²) in [5.74, 6) is 5.25. The maximum atomic E-state index is 11.5. The second-order valence-electron chi connectivity index (χ2n) is 9.81. The van der Waals surface area contributed by atoms with Crippen molar-refractivity contribution >= 4 is 0 Å². The number of aliphatic hydroxyl groups excluding tert-OH is 1. The summed E-state index contributed by atoms with van der Waals surface area (Å²) < 4.78 is 0. The zero-order valence-corrected chi connectivity index (χ0v) is 16.4. The molecule has 0 spiro atoms. The first-order chi connectivity index (χ1) is 12.4. The standard InChI is InChI=1S/C24H34O2/c1-5-7-17-14-23(4)21(12-15(3)24(23,26)6-2)20-10-8-16-13-18(25)9-11-19(16)22(17)20/h2,5,15,17-18,20-22,25-26H,1,7-14H2,3-4H3/t15-,17+,18-,20+,21+,22-,23+,24-/m1/s1. The lowest BCUT2D eigenvalue weighted by atomic mass is 9.48. The van der Waals surface area contributed by atoms with E-state index in [1.165, 1.54) is 6.42 Å². The van der Waals surface area contributed by atoms with Crippen LogP contribution in [0.3, 0.4) is 0 Å². The summed E-state index contributed by atoms with van der Waals surface area (Å²) in [6, 6.07) is 0. The highest BCUT2D eigenvalue weighted by Gasteiger charge is 2.65. The lowest BCUT2D eigenvalue weighted by Crippen LogP contribution is -2.55. The number of rotatable bonds is 2. The molecule has 0 aromatic carbocycles. The molecule has 26 heavy (non-hydrogen) atoms. The van der Waals surface area contributed by atoms with E-state index in [1.54, 1.807) is 11.1 Å². The number of terminal acetylenes is 1. The summed E-state index contributed by atoms with van der Waals surface area (Å²) in [5, 5.41) is 21.6. The molecule has 0 bridgehead atoms. The Kier molecular flexibility index (Phi) is 4.41. The lowest BCUT2D eigenvalue weighted by molar-refractivity contribution is -0.102. The van der Waals surface area contributed by atoms with Crippen molar-refractivity contribution in [2.45, 2.75) is 76.9 Å². The Labute approximate surface area is 158 Å². The number of hydrogen-bond acceptors (Lipinski definition) is 2. The molecule has 4 aliphatic carbocycles. The summed E-state index contributed by atoms with van der Waals surface area (Å²) in [5.41, 5.74) is 2.02. The highest BCUT2D eigenvalue weighted by molar-refractivity contribution is 5.32. The zero-order chi connectivity index (χ0) is 18.7. The van der Waals surface area contributed by atoms with Gasteiger partial charge in [0.1, 0.15) is 5.60 Å². The van der Waals surface area contributed by atoms with Crippen molar-refractivity contribution < 1.29 is 10.2 Å². The van der Waals surface area contributed by atoms with Crippen LogP contribution in [-0.2, 0) is 0 Å². The summed E-state index contributed by atoms with van der Waals surface area (Å²) in [4.78, 5) is 0. The van der Waals surface area contributed by atoms with Crippen LogP contribution in [-0.4, -0.2) is 21.9 Å². The van der Waals surface area contributed by atoms with Gasteiger partial charge in [-0.3, -0.25) is 0 Å². The van der Waals surface area contributed by atoms with Crippen LogP contribution in [0, 0.1) is 47.3 Å². The van der Waals surface area contributed by atoms with E-state index in [9.17, 15) is 10.2 Å². The van der Waals surface area contributed by atoms with Gasteiger partial charge in [0.25, 0.3) is 0 Å². The monoisotopic (exact) mass is 354 g/mol. The van der Waals surface area contributed by atoms with E-state index in [1.807, 2.05) is 0 Å². The Hall–Kier alpha value is -1.04. The highest BCUT2D eigenvalue weighted by Crippen LogP contribution is 2.67. The molecule has 0 radical (unpaired) electrons. The Balaban J connectivity index is 1.77. The van der Waals surface area contributed by atoms with E-state index >= 15 is 0 Å². The van der Waals surface area contributed by atoms with Crippen LogP contribution in [0.25, 0.3) is 0 Å². The average molecular weight is 355 g/mol. The molecule has 2 nitrogen and oxygen atoms in total. The van der Waals surface area contributed by atoms with Gasteiger partial charge < -0.3 is 10.2 Å². The Bertz CT molecular complexity index is 670. The van der Waals surface area contributed by atoms with Crippen LogP contribution < -0.4 is 0 Å². The smallest absolute Gasteiger partial charge is 0.133 e. The summed E-state index contributed by atoms with van der Waals surface area (Å²) in [6.07, 6.45) is 16.0. The summed E-state index contributed by atoms with van der Waals surface area (Å²) in [6.45, 7) is 8.44. The molecule has 0 aliphatic heterocycles. The van der Waals surface area contributed by atoms with E-state index in [-0.39, 0.29) is 17.4 Å². The van der Waals surface area contributed by atoms with Gasteiger partial charge in [0, 0.05) is 5.41 Å². The molecule has 0 aromatic heterocycles. The Morgan fingerprint density at radius 1 is 1.35 bits per heavy atom. The minimum atomic E-state index is -0.987. The molecule has 4 rings (SSSR count). The fourth-order valence-electron chi connectivity index (χ4n) is 7.58. The molecule has 8 atom stereocenters. The Morgan fingerprint density at radius 2 is 2.12 bits per heavy atom. The van der Waals surface area contributed by atoms with Gasteiger partial charge in [0.2, 0.25) is 0 Å². The first-order valence-electron chi connectivity index (χ1n) is 10.6. The number of aliphatic hydroxyl groups is 2. The van der Waals surface area contributed by atoms with Crippen molar-refractivity contribution in [1.82, 2.24) is 0 Å². The Morgan fingerprint density at radius 3 is 2.81 bits per heavy atom. The predicted molar refractivity (Wildman–Crippen MR) is 105 cm³/mol. The second-order valence-corrected chi connectivity index (χ2v) is 9.81. The molecule has 0 heterocycles. The molecule has 0 unspecified atom stereocenters. The largest absolute Gasteiger partial charge is 0.393 e. The van der Waals surface area contributed by atoms with Gasteiger partial charge in [-0.05, 0) is 81.0 Å². The van der Waals surface area contributed by atoms with Crippen LogP contribution in [0.1, 0.15) is 65.2 Å². The second kappa shape index (κ2) is 6.25. The fourth-order valence-corrected chi connectivity index (χ4v) is 7.58. The number of fused-ring (bicyclic) bond motifs is 4. The number of allylic oxidation sites excluding steroid dienone is 2. The van der Waals surface area contributed by atoms with Gasteiger partial charge in [0.15, 0.2) is 0 Å². The topological polar surface area (TPSA) is 40.5 Å². The quantitative estimate of drug-likeness (QED) is 0.567. The van der Waals surface area contributed by atoms with Crippen molar-refractivity contribution in [3.05, 3.63) is 23.8 Å². The van der Waals surface area contributed by atoms with Crippen molar-refractivity contribution in [3.63, 3.8) is 0 Å². The minimum Gasteiger partial charge on any atom is -0.393 e. The third-order valence-corrected chi connectivity index (χ3v) is 8.74. The molecule has 2 fully saturated rings. The van der Waals surface area contributed by atoms with Gasteiger partial charge in [-0.2, -0.15) is 0 Å². The van der Waals surface area contributed by atoms with Crippen molar-refractivity contribution in [2.75, 3.05) is 0 Å². The van der Waals surface area contributed by atoms with E-state index in [0.717, 1.165) is 44.9 Å². The zero-order valence-electron chi connectivity index (χ0n) is 16.4. The fraction of sp³-hybridized carbons (Fsp3) is 0.750. The maximum absolute atomic E-state index is 11.5. The third kappa shape index (κ3) is 2.33. The molecular formula is C24H34O2. The summed E-state index contributed by atoms with van der Waals surface area (Å²) in [7, 11) is 0. The first-order valence-corrected chi connectivity index (χ1v) is 10.6. The molecule has 2 heteroatoms. The van der Waals surface area contributed by atoms with Crippen LogP contribution in [0.15, 0.2) is 23.8 Å². The van der Waals surface area contributed by atoms with Crippen LogP contribution >= 0.6 is 0 Å². The van der Waals surface area contributed by atoms with Crippen LogP contribution in [0.2, 0.25) is 0 Å². The van der Waals surface area contributed by atoms with Gasteiger partial charge in [0.05, 0.1) is 6.10 Å². The molecule has 2 N–H and O–H groups in total. The molecule has 0 saturated heterocycles. The van der Waals surface area contributed by atoms with Gasteiger partial charge in [-0.25, -0.2) is 0 Å². The minimum absolute atomic E-state index is 0.143. The molecule has 4 aliphatic rings. The molecular weight excluding hydrogens is 320 g/mol. The number of hydrogen-bond donors (Lipinski definition) is 2. The van der Waals surface area contributed by atoms with Crippen molar-refractivity contribution in [1.29, 1.82) is 0 Å². The lowest BCUT2D eigenvalue weighted by Gasteiger charge is -2.56. The van der Waals surface area contributed by atoms with E-state index in [4.69, 9.17) is 6.42 Å². The predicted octanol–water partition coefficient (Wildman–Crippen LogP) is 4.48. The van der Waals surface area contributed by atoms with Gasteiger partial charge >= 0.3 is 0 Å². The van der Waals surface area contributed by atoms with E-state index < -0.39 is 5.60 Å². The van der Waals surface area contributed by atoms with Crippen molar-refractivity contribution in [3.8, 4) is 12.3 Å². The van der Waals surface area contributed by atoms with E-state index in [2.05, 4.69) is 32.4 Å². The summed E-state index contributed by atoms with van der Waals surface area (Å²) >= 11 is 0. The molecule has 0 aromatic rings. The van der Waals surface area contributed by atoms with Crippen LogP contribution in [0.4, 0.5) is 0 Å². The first kappa shape index (κ1) is 18.3. The van der Waals surface area contributed by atoms with Crippen LogP contribution in [0.5, 0.6) is 0 Å². The van der Waals surface area contributed by atoms with Gasteiger partial charge in [-0.15, -0.1) is 13.0 Å². The van der Waals surface area contributed by atoms with Gasteiger partial charge in [-0.1, -0.05) is 37.0 Å². The third-order valence-electron chi connectivity index (χ3n) is 8.74. The van der Waals surface area contributed by atoms with Crippen molar-refractivity contribution in [2.24, 2.45) is 35.0 Å². The SMILES string of the molecule is C#C[C@@]1(O)[C@H](C)C[C@H]2[C@@H]3CCC4=C(CC[C@@H](O)C4)[C@H]3[C@@H](CC=C)C[C@@]21C. The molecule has 142 valence electrons. The average Bonchev–Trinajstić information content (AvgIpc) is 2.82. The normalized spacial score (nSPS) is 50.4. The molecule has 2 saturated carbocycles. The van der Waals surface area contributed by atoms with E-state index in [0.29, 0.717) is 23.7 Å². The molecule has 0 amide bonds. The highest BCUT2D eigenvalue weighted by atomic mass is 16.3. The maximum Gasteiger partial charge on any atom is 0.133 e.